The second-order valence-electron chi connectivity index (χ2n) is 14.6. The van der Waals surface area contributed by atoms with Gasteiger partial charge < -0.3 is 0 Å². The molecule has 10 rings (SSSR count). The third kappa shape index (κ3) is 5.24. The van der Waals surface area contributed by atoms with Crippen LogP contribution in [0.4, 0.5) is 0 Å². The Bertz CT molecular complexity index is 2850. The molecule has 3 heteroatoms. The molecule has 0 N–H and O–H groups in total. The van der Waals surface area contributed by atoms with Crippen LogP contribution in [0, 0.1) is 0 Å². The third-order valence-corrected chi connectivity index (χ3v) is 14.5. The maximum atomic E-state index is 5.55. The molecular weight excluding hydrogens is 657 g/mol. The maximum Gasteiger partial charge on any atom is 0.161 e. The first-order chi connectivity index (χ1) is 26.0. The predicted molar refractivity (Wildman–Crippen MR) is 226 cm³/mol. The molecule has 1 aliphatic heterocycles. The van der Waals surface area contributed by atoms with E-state index in [0.717, 1.165) is 33.7 Å². The number of hydrogen-bond acceptors (Lipinski definition) is 2. The summed E-state index contributed by atoms with van der Waals surface area (Å²) in [7, 11) is -2.25. The highest BCUT2D eigenvalue weighted by Crippen LogP contribution is 2.38. The Morgan fingerprint density at radius 2 is 0.830 bits per heavy atom. The van der Waals surface area contributed by atoms with Crippen molar-refractivity contribution in [2.45, 2.75) is 13.1 Å². The zero-order valence-corrected chi connectivity index (χ0v) is 30.7. The van der Waals surface area contributed by atoms with Crippen molar-refractivity contribution in [3.63, 3.8) is 0 Å². The Hall–Kier alpha value is -6.42. The summed E-state index contributed by atoms with van der Waals surface area (Å²) in [6.45, 7) is 4.95. The van der Waals surface area contributed by atoms with Gasteiger partial charge in [-0.25, -0.2) is 9.97 Å². The maximum absolute atomic E-state index is 5.55. The van der Waals surface area contributed by atoms with Crippen LogP contribution in [0.25, 0.3) is 88.8 Å². The molecule has 53 heavy (non-hydrogen) atoms. The van der Waals surface area contributed by atoms with Crippen molar-refractivity contribution < 1.29 is 0 Å². The third-order valence-electron chi connectivity index (χ3n) is 11.0. The van der Waals surface area contributed by atoms with E-state index in [2.05, 4.69) is 195 Å². The van der Waals surface area contributed by atoms with E-state index in [9.17, 15) is 0 Å². The highest BCUT2D eigenvalue weighted by molar-refractivity contribution is 7.05. The lowest BCUT2D eigenvalue weighted by Crippen LogP contribution is -2.50. The molecule has 1 aliphatic rings. The molecule has 250 valence electrons. The van der Waals surface area contributed by atoms with Gasteiger partial charge in [0.25, 0.3) is 0 Å². The van der Waals surface area contributed by atoms with Gasteiger partial charge >= 0.3 is 0 Å². The second kappa shape index (κ2) is 12.4. The standard InChI is InChI=1S/C50H36N2Si/c1-53(2)48-43-23-9-7-16-37(43)29-30-45(48)47-49(53)46(51-50(52-47)44-24-12-17-36-15-6-8-22-42(36)44)41-21-11-20-40(32-41)39-19-10-18-38(31-39)35-27-25-34(26-28-35)33-13-4-3-5-14-33/h3-32H,1-2H3. The summed E-state index contributed by atoms with van der Waals surface area (Å²) in [5.41, 5.74) is 12.8. The van der Waals surface area contributed by atoms with Gasteiger partial charge in [0.2, 0.25) is 0 Å². The second-order valence-corrected chi connectivity index (χ2v) is 18.8. The van der Waals surface area contributed by atoms with Crippen molar-refractivity contribution in [2.75, 3.05) is 0 Å². The minimum atomic E-state index is -2.25. The van der Waals surface area contributed by atoms with Gasteiger partial charge in [0.15, 0.2) is 5.82 Å². The van der Waals surface area contributed by atoms with Gasteiger partial charge in [-0.3, -0.25) is 0 Å². The first kappa shape index (κ1) is 31.3. The van der Waals surface area contributed by atoms with E-state index in [1.807, 2.05) is 0 Å². The van der Waals surface area contributed by atoms with Gasteiger partial charge in [0.1, 0.15) is 8.07 Å². The number of nitrogens with zero attached hydrogens (tertiary/aromatic N) is 2. The molecule has 0 radical (unpaired) electrons. The van der Waals surface area contributed by atoms with Gasteiger partial charge in [0, 0.05) is 16.7 Å². The van der Waals surface area contributed by atoms with Crippen molar-refractivity contribution in [2.24, 2.45) is 0 Å². The van der Waals surface area contributed by atoms with Crippen molar-refractivity contribution in [3.05, 3.63) is 182 Å². The molecule has 9 aromatic rings. The van der Waals surface area contributed by atoms with Gasteiger partial charge in [-0.15, -0.1) is 0 Å². The number of aromatic nitrogens is 2. The minimum Gasteiger partial charge on any atom is -0.228 e. The monoisotopic (exact) mass is 692 g/mol. The number of fused-ring (bicyclic) bond motifs is 6. The fourth-order valence-electron chi connectivity index (χ4n) is 8.47. The van der Waals surface area contributed by atoms with Crippen molar-refractivity contribution >= 4 is 40.0 Å². The molecule has 0 saturated carbocycles. The molecule has 0 saturated heterocycles. The lowest BCUT2D eigenvalue weighted by Gasteiger charge is -2.23. The molecule has 8 aromatic carbocycles. The van der Waals surface area contributed by atoms with Gasteiger partial charge in [0.05, 0.1) is 11.4 Å². The summed E-state index contributed by atoms with van der Waals surface area (Å²) >= 11 is 0. The summed E-state index contributed by atoms with van der Waals surface area (Å²) in [6.07, 6.45) is 0. The predicted octanol–water partition coefficient (Wildman–Crippen LogP) is 11.9. The Kier molecular flexibility index (Phi) is 7.31. The minimum absolute atomic E-state index is 0.771. The van der Waals surface area contributed by atoms with Crippen LogP contribution >= 0.6 is 0 Å². The zero-order chi connectivity index (χ0) is 35.5. The topological polar surface area (TPSA) is 25.8 Å². The van der Waals surface area contributed by atoms with Crippen molar-refractivity contribution in [1.29, 1.82) is 0 Å². The molecule has 0 aliphatic carbocycles. The van der Waals surface area contributed by atoms with E-state index in [-0.39, 0.29) is 0 Å². The van der Waals surface area contributed by atoms with Crippen LogP contribution in [0.1, 0.15) is 0 Å². The molecule has 0 atom stereocenters. The van der Waals surface area contributed by atoms with Gasteiger partial charge in [-0.1, -0.05) is 183 Å². The molecule has 2 nitrogen and oxygen atoms in total. The summed E-state index contributed by atoms with van der Waals surface area (Å²) in [5.74, 6) is 0.771. The summed E-state index contributed by atoms with van der Waals surface area (Å²) in [6, 6.07) is 65.7. The van der Waals surface area contributed by atoms with E-state index >= 15 is 0 Å². The van der Waals surface area contributed by atoms with E-state index < -0.39 is 8.07 Å². The van der Waals surface area contributed by atoms with Crippen molar-refractivity contribution in [1.82, 2.24) is 9.97 Å². The fourth-order valence-corrected chi connectivity index (χ4v) is 12.1. The summed E-state index contributed by atoms with van der Waals surface area (Å²) < 4.78 is 0. The Balaban J connectivity index is 1.13. The highest BCUT2D eigenvalue weighted by Gasteiger charge is 2.43. The first-order valence-corrected chi connectivity index (χ1v) is 21.3. The smallest absolute Gasteiger partial charge is 0.161 e. The summed E-state index contributed by atoms with van der Waals surface area (Å²) in [4.78, 5) is 11.0. The Morgan fingerprint density at radius 1 is 0.340 bits per heavy atom. The highest BCUT2D eigenvalue weighted by atomic mass is 28.3. The molecule has 2 heterocycles. The van der Waals surface area contributed by atoms with Crippen LogP contribution in [0.3, 0.4) is 0 Å². The molecule has 0 fully saturated rings. The van der Waals surface area contributed by atoms with Crippen molar-refractivity contribution in [3.8, 4) is 67.3 Å². The van der Waals surface area contributed by atoms with E-state index in [1.54, 1.807) is 0 Å². The Morgan fingerprint density at radius 3 is 1.57 bits per heavy atom. The normalized spacial score (nSPS) is 12.9. The van der Waals surface area contributed by atoms with Gasteiger partial charge in [-0.05, 0) is 77.4 Å². The van der Waals surface area contributed by atoms with E-state index in [1.165, 1.54) is 65.5 Å². The molecule has 1 aromatic heterocycles. The summed E-state index contributed by atoms with van der Waals surface area (Å²) in [5, 5.41) is 7.74. The largest absolute Gasteiger partial charge is 0.228 e. The molecule has 0 amide bonds. The fraction of sp³-hybridized carbons (Fsp3) is 0.0400. The lowest BCUT2D eigenvalue weighted by molar-refractivity contribution is 1.21. The molecule has 0 unspecified atom stereocenters. The zero-order valence-electron chi connectivity index (χ0n) is 29.7. The van der Waals surface area contributed by atoms with E-state index in [4.69, 9.17) is 9.97 Å². The quantitative estimate of drug-likeness (QED) is 0.168. The van der Waals surface area contributed by atoms with Crippen LogP contribution in [-0.4, -0.2) is 18.0 Å². The lowest BCUT2D eigenvalue weighted by atomic mass is 9.96. The first-order valence-electron chi connectivity index (χ1n) is 18.3. The van der Waals surface area contributed by atoms with Crippen LogP contribution in [0.15, 0.2) is 182 Å². The molecule has 0 bridgehead atoms. The SMILES string of the molecule is C[Si]1(C)c2c(-c3cccc(-c4cccc(-c5ccc(-c6ccccc6)cc5)c4)c3)nc(-c3cccc4ccccc34)nc2-c2ccc3ccccc3c21. The van der Waals surface area contributed by atoms with E-state index in [0.29, 0.717) is 0 Å². The number of hydrogen-bond donors (Lipinski definition) is 0. The van der Waals surface area contributed by atoms with Crippen LogP contribution in [-0.2, 0) is 0 Å². The van der Waals surface area contributed by atoms with Crippen LogP contribution in [0.2, 0.25) is 13.1 Å². The van der Waals surface area contributed by atoms with Gasteiger partial charge in [-0.2, -0.15) is 0 Å². The number of benzene rings is 8. The number of rotatable bonds is 5. The van der Waals surface area contributed by atoms with Crippen LogP contribution < -0.4 is 10.4 Å². The Labute approximate surface area is 311 Å². The molecule has 0 spiro atoms. The molecular formula is C50H36N2Si. The van der Waals surface area contributed by atoms with Crippen LogP contribution in [0.5, 0.6) is 0 Å². The average molecular weight is 693 g/mol. The average Bonchev–Trinajstić information content (AvgIpc) is 3.47.